The summed E-state index contributed by atoms with van der Waals surface area (Å²) in [6, 6.07) is -2.49. The predicted octanol–water partition coefficient (Wildman–Crippen LogP) is 0.296. The summed E-state index contributed by atoms with van der Waals surface area (Å²) in [4.78, 5) is 36.1. The van der Waals surface area contributed by atoms with Gasteiger partial charge in [0, 0.05) is 0 Å². The molecule has 0 bridgehead atoms. The molecule has 152 valence electrons. The Morgan fingerprint density at radius 3 is 2.15 bits per heavy atom. The highest BCUT2D eigenvalue weighted by Crippen LogP contribution is 2.08. The molecule has 26 heavy (non-hydrogen) atoms. The standard InChI is InChI=1S/C17H34N4O4S/c1-11(2)10-14(21-15(22)12(19)6-4-5-8-18)16(23)20-13(17(24)25)7-9-26-3/h11-14H,4-10,18-19H2,1-3H3,(H,20,23)(H,21,22)(H,24,25)/t12-,13-,14-/m0/s1. The van der Waals surface area contributed by atoms with Gasteiger partial charge in [-0.05, 0) is 50.2 Å². The Bertz CT molecular complexity index is 448. The molecule has 0 saturated carbocycles. The van der Waals surface area contributed by atoms with E-state index in [9.17, 15) is 19.5 Å². The zero-order valence-electron chi connectivity index (χ0n) is 16.0. The summed E-state index contributed by atoms with van der Waals surface area (Å²) >= 11 is 1.51. The van der Waals surface area contributed by atoms with E-state index in [0.29, 0.717) is 31.6 Å². The molecule has 7 N–H and O–H groups in total. The van der Waals surface area contributed by atoms with Crippen molar-refractivity contribution in [1.29, 1.82) is 0 Å². The smallest absolute Gasteiger partial charge is 0.326 e. The van der Waals surface area contributed by atoms with E-state index in [-0.39, 0.29) is 5.92 Å². The van der Waals surface area contributed by atoms with Crippen molar-refractivity contribution in [2.75, 3.05) is 18.6 Å². The second kappa shape index (κ2) is 13.8. The van der Waals surface area contributed by atoms with Crippen LogP contribution in [0.2, 0.25) is 0 Å². The Hall–Kier alpha value is -1.32. The van der Waals surface area contributed by atoms with Gasteiger partial charge in [0.2, 0.25) is 11.8 Å². The number of nitrogens with one attached hydrogen (secondary N) is 2. The molecule has 0 aliphatic rings. The van der Waals surface area contributed by atoms with Crippen LogP contribution < -0.4 is 22.1 Å². The lowest BCUT2D eigenvalue weighted by Gasteiger charge is -2.24. The zero-order valence-corrected chi connectivity index (χ0v) is 16.8. The van der Waals surface area contributed by atoms with Crippen LogP contribution >= 0.6 is 11.8 Å². The first-order chi connectivity index (χ1) is 12.2. The van der Waals surface area contributed by atoms with Crippen molar-refractivity contribution < 1.29 is 19.5 Å². The highest BCUT2D eigenvalue weighted by Gasteiger charge is 2.28. The fourth-order valence-electron chi connectivity index (χ4n) is 2.39. The summed E-state index contributed by atoms with van der Waals surface area (Å²) in [5.41, 5.74) is 11.3. The fourth-order valence-corrected chi connectivity index (χ4v) is 2.86. The third kappa shape index (κ3) is 10.6. The molecule has 9 heteroatoms. The first kappa shape index (κ1) is 24.7. The molecule has 0 aromatic carbocycles. The lowest BCUT2D eigenvalue weighted by molar-refractivity contribution is -0.142. The van der Waals surface area contributed by atoms with Gasteiger partial charge in [0.1, 0.15) is 12.1 Å². The van der Waals surface area contributed by atoms with Crippen LogP contribution in [0.5, 0.6) is 0 Å². The molecule has 0 heterocycles. The van der Waals surface area contributed by atoms with Crippen molar-refractivity contribution in [2.24, 2.45) is 17.4 Å². The van der Waals surface area contributed by atoms with Crippen LogP contribution in [0.4, 0.5) is 0 Å². The van der Waals surface area contributed by atoms with E-state index in [1.807, 2.05) is 20.1 Å². The van der Waals surface area contributed by atoms with Gasteiger partial charge in [0.15, 0.2) is 0 Å². The third-order valence-corrected chi connectivity index (χ3v) is 4.52. The van der Waals surface area contributed by atoms with Crippen LogP contribution in [0.15, 0.2) is 0 Å². The first-order valence-corrected chi connectivity index (χ1v) is 10.4. The number of hydrogen-bond acceptors (Lipinski definition) is 6. The van der Waals surface area contributed by atoms with Crippen LogP contribution in [0.25, 0.3) is 0 Å². The van der Waals surface area contributed by atoms with E-state index >= 15 is 0 Å². The number of aliphatic carboxylic acids is 1. The summed E-state index contributed by atoms with van der Waals surface area (Å²) in [5, 5.41) is 14.5. The Kier molecular flexibility index (Phi) is 13.1. The van der Waals surface area contributed by atoms with E-state index in [1.165, 1.54) is 11.8 Å². The number of amides is 2. The molecular formula is C17H34N4O4S. The Morgan fingerprint density at radius 1 is 1.04 bits per heavy atom. The molecule has 0 rings (SSSR count). The number of rotatable bonds is 14. The molecule has 0 aromatic heterocycles. The SMILES string of the molecule is CSCC[C@H](NC(=O)[C@H](CC(C)C)NC(=O)[C@@H](N)CCCCN)C(=O)O. The number of hydrogen-bond donors (Lipinski definition) is 5. The summed E-state index contributed by atoms with van der Waals surface area (Å²) in [5.74, 6) is -1.21. The van der Waals surface area contributed by atoms with Crippen molar-refractivity contribution in [1.82, 2.24) is 10.6 Å². The second-order valence-corrected chi connectivity index (χ2v) is 7.75. The maximum atomic E-state index is 12.5. The number of thioether (sulfide) groups is 1. The number of carbonyl (C=O) groups excluding carboxylic acids is 2. The molecule has 0 fully saturated rings. The largest absolute Gasteiger partial charge is 0.480 e. The second-order valence-electron chi connectivity index (χ2n) is 6.76. The molecule has 0 aromatic rings. The van der Waals surface area contributed by atoms with Crippen LogP contribution in [-0.4, -0.2) is 59.6 Å². The number of carbonyl (C=O) groups is 3. The lowest BCUT2D eigenvalue weighted by atomic mass is 10.0. The van der Waals surface area contributed by atoms with Crippen LogP contribution in [0.3, 0.4) is 0 Å². The van der Waals surface area contributed by atoms with Gasteiger partial charge in [0.25, 0.3) is 0 Å². The van der Waals surface area contributed by atoms with E-state index in [1.54, 1.807) is 0 Å². The molecular weight excluding hydrogens is 356 g/mol. The van der Waals surface area contributed by atoms with Crippen molar-refractivity contribution >= 4 is 29.5 Å². The molecule has 0 aliphatic carbocycles. The van der Waals surface area contributed by atoms with E-state index in [2.05, 4.69) is 10.6 Å². The minimum atomic E-state index is -1.08. The highest BCUT2D eigenvalue weighted by molar-refractivity contribution is 7.98. The normalized spacial score (nSPS) is 14.5. The van der Waals surface area contributed by atoms with Gasteiger partial charge in [-0.25, -0.2) is 4.79 Å². The Balaban J connectivity index is 4.86. The number of carboxylic acids is 1. The minimum Gasteiger partial charge on any atom is -0.480 e. The number of nitrogens with two attached hydrogens (primary N) is 2. The van der Waals surface area contributed by atoms with Gasteiger partial charge in [-0.3, -0.25) is 9.59 Å². The maximum Gasteiger partial charge on any atom is 0.326 e. The third-order valence-electron chi connectivity index (χ3n) is 3.87. The topological polar surface area (TPSA) is 148 Å². The monoisotopic (exact) mass is 390 g/mol. The molecule has 8 nitrogen and oxygen atoms in total. The Labute approximate surface area is 160 Å². The van der Waals surface area contributed by atoms with Gasteiger partial charge >= 0.3 is 5.97 Å². The van der Waals surface area contributed by atoms with Crippen molar-refractivity contribution in [3.63, 3.8) is 0 Å². The molecule has 0 unspecified atom stereocenters. The van der Waals surface area contributed by atoms with Crippen LogP contribution in [-0.2, 0) is 14.4 Å². The van der Waals surface area contributed by atoms with Gasteiger partial charge in [-0.1, -0.05) is 20.3 Å². The molecule has 0 radical (unpaired) electrons. The summed E-state index contributed by atoms with van der Waals surface area (Å²) in [7, 11) is 0. The van der Waals surface area contributed by atoms with Crippen molar-refractivity contribution in [2.45, 2.75) is 64.1 Å². The van der Waals surface area contributed by atoms with Crippen LogP contribution in [0, 0.1) is 5.92 Å². The molecule has 0 spiro atoms. The van der Waals surface area contributed by atoms with Gasteiger partial charge in [-0.15, -0.1) is 0 Å². The van der Waals surface area contributed by atoms with Crippen molar-refractivity contribution in [3.8, 4) is 0 Å². The lowest BCUT2D eigenvalue weighted by Crippen LogP contribution is -2.54. The van der Waals surface area contributed by atoms with Gasteiger partial charge < -0.3 is 27.2 Å². The van der Waals surface area contributed by atoms with Gasteiger partial charge in [-0.2, -0.15) is 11.8 Å². The van der Waals surface area contributed by atoms with Crippen LogP contribution in [0.1, 0.15) is 46.0 Å². The summed E-state index contributed by atoms with van der Waals surface area (Å²) < 4.78 is 0. The quantitative estimate of drug-likeness (QED) is 0.268. The zero-order chi connectivity index (χ0) is 20.1. The van der Waals surface area contributed by atoms with E-state index in [4.69, 9.17) is 11.5 Å². The predicted molar refractivity (Wildman–Crippen MR) is 105 cm³/mol. The molecule has 0 aliphatic heterocycles. The first-order valence-electron chi connectivity index (χ1n) is 9.01. The van der Waals surface area contributed by atoms with Gasteiger partial charge in [0.05, 0.1) is 6.04 Å². The molecule has 3 atom stereocenters. The number of unbranched alkanes of at least 4 members (excludes halogenated alkanes) is 1. The maximum absolute atomic E-state index is 12.5. The Morgan fingerprint density at radius 2 is 1.65 bits per heavy atom. The minimum absolute atomic E-state index is 0.147. The molecule has 2 amide bonds. The summed E-state index contributed by atoms with van der Waals surface area (Å²) in [6.45, 7) is 4.39. The van der Waals surface area contributed by atoms with Crippen molar-refractivity contribution in [3.05, 3.63) is 0 Å². The fraction of sp³-hybridized carbons (Fsp3) is 0.824. The van der Waals surface area contributed by atoms with E-state index in [0.717, 1.165) is 12.8 Å². The average Bonchev–Trinajstić information content (AvgIpc) is 2.57. The molecule has 0 saturated heterocycles. The highest BCUT2D eigenvalue weighted by atomic mass is 32.2. The summed E-state index contributed by atoms with van der Waals surface area (Å²) in [6.07, 6.45) is 4.61. The average molecular weight is 391 g/mol. The van der Waals surface area contributed by atoms with E-state index < -0.39 is 35.9 Å². The number of carboxylic acid groups (broad SMARTS) is 1.